The van der Waals surface area contributed by atoms with Crippen LogP contribution >= 0.6 is 0 Å². The zero-order chi connectivity index (χ0) is 15.8. The highest BCUT2D eigenvalue weighted by atomic mass is 16.5. The van der Waals surface area contributed by atoms with Crippen LogP contribution in [0.1, 0.15) is 30.9 Å². The van der Waals surface area contributed by atoms with Gasteiger partial charge in [-0.3, -0.25) is 0 Å². The first-order valence-electron chi connectivity index (χ1n) is 8.06. The third-order valence-corrected chi connectivity index (χ3v) is 4.07. The molecule has 2 amide bonds. The molecule has 1 saturated heterocycles. The number of carbonyl (C=O) groups excluding carboxylic acids is 1. The van der Waals surface area contributed by atoms with Crippen molar-refractivity contribution in [2.45, 2.75) is 39.0 Å². The molecule has 1 aromatic carbocycles. The number of nitrogens with zero attached hydrogens (tertiary/aromatic N) is 1. The highest BCUT2D eigenvalue weighted by Gasteiger charge is 2.18. The van der Waals surface area contributed by atoms with Gasteiger partial charge < -0.3 is 20.3 Å². The van der Waals surface area contributed by atoms with Gasteiger partial charge in [-0.2, -0.15) is 0 Å². The van der Waals surface area contributed by atoms with Gasteiger partial charge in [-0.1, -0.05) is 24.3 Å². The van der Waals surface area contributed by atoms with Crippen LogP contribution in [0.25, 0.3) is 0 Å². The van der Waals surface area contributed by atoms with E-state index in [0.29, 0.717) is 19.8 Å². The fourth-order valence-electron chi connectivity index (χ4n) is 2.65. The second kappa shape index (κ2) is 8.76. The lowest BCUT2D eigenvalue weighted by molar-refractivity contribution is 0.133. The molecular formula is C17H27N3O2. The number of benzene rings is 1. The monoisotopic (exact) mass is 305 g/mol. The number of rotatable bonds is 6. The Morgan fingerprint density at radius 1 is 1.27 bits per heavy atom. The van der Waals surface area contributed by atoms with Crippen LogP contribution in [0.5, 0.6) is 0 Å². The maximum Gasteiger partial charge on any atom is 0.315 e. The molecule has 5 heteroatoms. The zero-order valence-electron chi connectivity index (χ0n) is 13.6. The molecule has 1 aliphatic rings. The van der Waals surface area contributed by atoms with Crippen molar-refractivity contribution in [2.75, 3.05) is 26.7 Å². The summed E-state index contributed by atoms with van der Waals surface area (Å²) in [5.41, 5.74) is 2.23. The first-order valence-corrected chi connectivity index (χ1v) is 8.06. The number of carbonyl (C=O) groups is 1. The molecule has 0 saturated carbocycles. The molecule has 1 heterocycles. The van der Waals surface area contributed by atoms with Crippen LogP contribution in [0, 0.1) is 0 Å². The van der Waals surface area contributed by atoms with Gasteiger partial charge in [-0.15, -0.1) is 0 Å². The summed E-state index contributed by atoms with van der Waals surface area (Å²) in [7, 11) is 2.12. The molecule has 0 atom stereocenters. The Morgan fingerprint density at radius 2 is 1.95 bits per heavy atom. The van der Waals surface area contributed by atoms with E-state index < -0.39 is 0 Å². The predicted molar refractivity (Wildman–Crippen MR) is 87.7 cm³/mol. The van der Waals surface area contributed by atoms with Crippen LogP contribution in [0.2, 0.25) is 0 Å². The normalized spacial score (nSPS) is 16.5. The lowest BCUT2D eigenvalue weighted by atomic mass is 10.1. The number of amides is 2. The fourth-order valence-corrected chi connectivity index (χ4v) is 2.65. The maximum absolute atomic E-state index is 12.0. The van der Waals surface area contributed by atoms with E-state index in [-0.39, 0.29) is 12.1 Å². The second-order valence-corrected chi connectivity index (χ2v) is 5.81. The van der Waals surface area contributed by atoms with Gasteiger partial charge in [0, 0.05) is 19.2 Å². The van der Waals surface area contributed by atoms with Gasteiger partial charge in [-0.05, 0) is 51.0 Å². The lowest BCUT2D eigenvalue weighted by Crippen LogP contribution is -2.46. The number of piperidine rings is 1. The van der Waals surface area contributed by atoms with Crippen molar-refractivity contribution in [3.8, 4) is 0 Å². The molecule has 0 radical (unpaired) electrons. The number of hydrogen-bond donors (Lipinski definition) is 2. The Hall–Kier alpha value is -1.59. The Balaban J connectivity index is 1.78. The third kappa shape index (κ3) is 5.31. The minimum absolute atomic E-state index is 0.0826. The summed E-state index contributed by atoms with van der Waals surface area (Å²) < 4.78 is 5.47. The standard InChI is InChI=1S/C17H27N3O2/c1-3-22-13-15-7-5-4-6-14(15)12-18-17(21)19-16-8-10-20(2)11-9-16/h4-7,16H,3,8-13H2,1-2H3,(H2,18,19,21). The first kappa shape index (κ1) is 16.8. The van der Waals surface area contributed by atoms with Gasteiger partial charge in [0.1, 0.15) is 0 Å². The molecule has 5 nitrogen and oxygen atoms in total. The van der Waals surface area contributed by atoms with Crippen molar-refractivity contribution in [2.24, 2.45) is 0 Å². The van der Waals surface area contributed by atoms with E-state index in [1.54, 1.807) is 0 Å². The fraction of sp³-hybridized carbons (Fsp3) is 0.588. The van der Waals surface area contributed by atoms with Crippen molar-refractivity contribution in [3.63, 3.8) is 0 Å². The Kier molecular flexibility index (Phi) is 6.68. The quantitative estimate of drug-likeness (QED) is 0.846. The number of nitrogens with one attached hydrogen (secondary N) is 2. The molecule has 1 fully saturated rings. The molecule has 0 bridgehead atoms. The number of likely N-dealkylation sites (tertiary alicyclic amines) is 1. The maximum atomic E-state index is 12.0. The van der Waals surface area contributed by atoms with Gasteiger partial charge in [-0.25, -0.2) is 4.79 Å². The number of ether oxygens (including phenoxy) is 1. The van der Waals surface area contributed by atoms with E-state index in [4.69, 9.17) is 4.74 Å². The van der Waals surface area contributed by atoms with Crippen molar-refractivity contribution < 1.29 is 9.53 Å². The van der Waals surface area contributed by atoms with Crippen LogP contribution in [-0.4, -0.2) is 43.7 Å². The minimum Gasteiger partial charge on any atom is -0.377 e. The van der Waals surface area contributed by atoms with Crippen molar-refractivity contribution in [1.82, 2.24) is 15.5 Å². The summed E-state index contributed by atoms with van der Waals surface area (Å²) in [6, 6.07) is 8.26. The topological polar surface area (TPSA) is 53.6 Å². The first-order chi connectivity index (χ1) is 10.7. The molecule has 0 unspecified atom stereocenters. The molecule has 0 spiro atoms. The van der Waals surface area contributed by atoms with Crippen LogP contribution in [-0.2, 0) is 17.9 Å². The lowest BCUT2D eigenvalue weighted by Gasteiger charge is -2.29. The Bertz CT molecular complexity index is 471. The molecule has 122 valence electrons. The molecule has 2 N–H and O–H groups in total. The average molecular weight is 305 g/mol. The Morgan fingerprint density at radius 3 is 2.64 bits per heavy atom. The summed E-state index contributed by atoms with van der Waals surface area (Å²) in [5.74, 6) is 0. The largest absolute Gasteiger partial charge is 0.377 e. The molecule has 1 aromatic rings. The predicted octanol–water partition coefficient (Wildman–Crippen LogP) is 2.12. The minimum atomic E-state index is -0.0826. The summed E-state index contributed by atoms with van der Waals surface area (Å²) in [6.07, 6.45) is 2.04. The molecule has 22 heavy (non-hydrogen) atoms. The van der Waals surface area contributed by atoms with Gasteiger partial charge in [0.2, 0.25) is 0 Å². The van der Waals surface area contributed by atoms with Crippen LogP contribution in [0.15, 0.2) is 24.3 Å². The highest BCUT2D eigenvalue weighted by Crippen LogP contribution is 2.10. The van der Waals surface area contributed by atoms with E-state index in [1.165, 1.54) is 0 Å². The van der Waals surface area contributed by atoms with Crippen molar-refractivity contribution in [3.05, 3.63) is 35.4 Å². The molecule has 0 aliphatic carbocycles. The Labute approximate surface area is 133 Å². The SMILES string of the molecule is CCOCc1ccccc1CNC(=O)NC1CCN(C)CC1. The molecular weight excluding hydrogens is 278 g/mol. The van der Waals surface area contributed by atoms with Gasteiger partial charge in [0.05, 0.1) is 6.61 Å². The molecule has 2 rings (SSSR count). The summed E-state index contributed by atoms with van der Waals surface area (Å²) >= 11 is 0. The third-order valence-electron chi connectivity index (χ3n) is 4.07. The smallest absolute Gasteiger partial charge is 0.315 e. The summed E-state index contributed by atoms with van der Waals surface area (Å²) in [5, 5.41) is 6.02. The van der Waals surface area contributed by atoms with Crippen molar-refractivity contribution >= 4 is 6.03 Å². The van der Waals surface area contributed by atoms with Gasteiger partial charge in [0.25, 0.3) is 0 Å². The van der Waals surface area contributed by atoms with E-state index in [0.717, 1.165) is 37.1 Å². The summed E-state index contributed by atoms with van der Waals surface area (Å²) in [4.78, 5) is 14.3. The van der Waals surface area contributed by atoms with Crippen LogP contribution in [0.3, 0.4) is 0 Å². The van der Waals surface area contributed by atoms with E-state index >= 15 is 0 Å². The second-order valence-electron chi connectivity index (χ2n) is 5.81. The van der Waals surface area contributed by atoms with Gasteiger partial charge >= 0.3 is 6.03 Å². The summed E-state index contributed by atoms with van der Waals surface area (Å²) in [6.45, 7) is 5.88. The number of hydrogen-bond acceptors (Lipinski definition) is 3. The van der Waals surface area contributed by atoms with E-state index in [9.17, 15) is 4.79 Å². The van der Waals surface area contributed by atoms with Crippen LogP contribution in [0.4, 0.5) is 4.79 Å². The zero-order valence-corrected chi connectivity index (χ0v) is 13.6. The van der Waals surface area contributed by atoms with Crippen LogP contribution < -0.4 is 10.6 Å². The van der Waals surface area contributed by atoms with Gasteiger partial charge in [0.15, 0.2) is 0 Å². The molecule has 1 aliphatic heterocycles. The highest BCUT2D eigenvalue weighted by molar-refractivity contribution is 5.74. The van der Waals surface area contributed by atoms with Crippen molar-refractivity contribution in [1.29, 1.82) is 0 Å². The van der Waals surface area contributed by atoms with E-state index in [1.807, 2.05) is 31.2 Å². The molecule has 0 aromatic heterocycles. The van der Waals surface area contributed by atoms with E-state index in [2.05, 4.69) is 22.6 Å². The average Bonchev–Trinajstić information content (AvgIpc) is 2.54. The number of urea groups is 1.